The van der Waals surface area contributed by atoms with Crippen LogP contribution in [0.1, 0.15) is 18.4 Å². The van der Waals surface area contributed by atoms with E-state index >= 15 is 0 Å². The van der Waals surface area contributed by atoms with Crippen molar-refractivity contribution < 1.29 is 14.4 Å². The minimum atomic E-state index is -0.237. The fourth-order valence-corrected chi connectivity index (χ4v) is 3.38. The van der Waals surface area contributed by atoms with Gasteiger partial charge >= 0.3 is 0 Å². The van der Waals surface area contributed by atoms with Crippen LogP contribution in [-0.2, 0) is 20.9 Å². The van der Waals surface area contributed by atoms with Gasteiger partial charge in [0.05, 0.1) is 11.4 Å². The van der Waals surface area contributed by atoms with Gasteiger partial charge in [0.2, 0.25) is 17.7 Å². The molecular formula is C20H20BrN3O3. The average Bonchev–Trinajstić information content (AvgIpc) is 2.66. The molecule has 3 amide bonds. The van der Waals surface area contributed by atoms with Crippen molar-refractivity contribution in [1.29, 1.82) is 0 Å². The maximum Gasteiger partial charge on any atom is 0.244 e. The van der Waals surface area contributed by atoms with Crippen LogP contribution in [0, 0.1) is 0 Å². The highest BCUT2D eigenvalue weighted by Gasteiger charge is 2.27. The third-order valence-electron chi connectivity index (χ3n) is 4.42. The summed E-state index contributed by atoms with van der Waals surface area (Å²) in [6.07, 6.45) is 0.154. The Kier molecular flexibility index (Phi) is 5.91. The van der Waals surface area contributed by atoms with Crippen molar-refractivity contribution in [3.8, 4) is 0 Å². The maximum absolute atomic E-state index is 12.6. The number of benzene rings is 2. The maximum atomic E-state index is 12.6. The Morgan fingerprint density at radius 3 is 2.59 bits per heavy atom. The molecule has 0 spiro atoms. The largest absolute Gasteiger partial charge is 0.341 e. The Balaban J connectivity index is 1.60. The molecule has 0 aromatic heterocycles. The van der Waals surface area contributed by atoms with E-state index in [1.807, 2.05) is 30.3 Å². The van der Waals surface area contributed by atoms with Crippen LogP contribution in [0.25, 0.3) is 0 Å². The zero-order valence-corrected chi connectivity index (χ0v) is 16.5. The van der Waals surface area contributed by atoms with Gasteiger partial charge in [0.1, 0.15) is 6.54 Å². The van der Waals surface area contributed by atoms with Crippen molar-refractivity contribution in [1.82, 2.24) is 4.90 Å². The number of carbonyl (C=O) groups excluding carboxylic acids is 3. The van der Waals surface area contributed by atoms with E-state index in [2.05, 4.69) is 21.2 Å². The summed E-state index contributed by atoms with van der Waals surface area (Å²) in [7, 11) is 1.72. The summed E-state index contributed by atoms with van der Waals surface area (Å²) >= 11 is 3.47. The van der Waals surface area contributed by atoms with Gasteiger partial charge in [-0.1, -0.05) is 46.3 Å². The third-order valence-corrected chi connectivity index (χ3v) is 5.19. The first kappa shape index (κ1) is 19.1. The molecule has 0 unspecified atom stereocenters. The number of carbonyl (C=O) groups is 3. The monoisotopic (exact) mass is 429 g/mol. The van der Waals surface area contributed by atoms with Gasteiger partial charge in [-0.3, -0.25) is 14.4 Å². The lowest BCUT2D eigenvalue weighted by molar-refractivity contribution is -0.132. The SMILES string of the molecule is CN(Cc1ccccc1Br)C(=O)CCC(=O)N1CC(=O)Nc2ccccc21. The smallest absolute Gasteiger partial charge is 0.244 e. The number of halogens is 1. The fraction of sp³-hybridized carbons (Fsp3) is 0.250. The highest BCUT2D eigenvalue weighted by atomic mass is 79.9. The van der Waals surface area contributed by atoms with Gasteiger partial charge in [-0.15, -0.1) is 0 Å². The van der Waals surface area contributed by atoms with Crippen molar-refractivity contribution in [2.75, 3.05) is 23.8 Å². The normalized spacial score (nSPS) is 13.0. The molecule has 0 bridgehead atoms. The molecule has 0 radical (unpaired) electrons. The van der Waals surface area contributed by atoms with E-state index in [9.17, 15) is 14.4 Å². The summed E-state index contributed by atoms with van der Waals surface area (Å²) < 4.78 is 0.941. The number of rotatable bonds is 5. The van der Waals surface area contributed by atoms with Crippen molar-refractivity contribution in [3.63, 3.8) is 0 Å². The van der Waals surface area contributed by atoms with Gasteiger partial charge in [0.25, 0.3) is 0 Å². The second-order valence-corrected chi connectivity index (χ2v) is 7.24. The average molecular weight is 430 g/mol. The number of hydrogen-bond donors (Lipinski definition) is 1. The number of fused-ring (bicyclic) bond motifs is 1. The van der Waals surface area contributed by atoms with Crippen molar-refractivity contribution in [2.24, 2.45) is 0 Å². The molecule has 7 heteroatoms. The van der Waals surface area contributed by atoms with E-state index in [0.29, 0.717) is 17.9 Å². The van der Waals surface area contributed by atoms with E-state index in [-0.39, 0.29) is 37.1 Å². The minimum absolute atomic E-state index is 0.0309. The van der Waals surface area contributed by atoms with Gasteiger partial charge in [-0.25, -0.2) is 0 Å². The van der Waals surface area contributed by atoms with Gasteiger partial charge in [0, 0.05) is 30.9 Å². The molecule has 0 saturated carbocycles. The first-order chi connectivity index (χ1) is 13.0. The summed E-state index contributed by atoms with van der Waals surface area (Å²) in [6, 6.07) is 14.9. The Morgan fingerprint density at radius 2 is 1.81 bits per heavy atom. The molecule has 0 atom stereocenters. The van der Waals surface area contributed by atoms with Crippen LogP contribution in [0.2, 0.25) is 0 Å². The zero-order valence-electron chi connectivity index (χ0n) is 14.9. The molecule has 27 heavy (non-hydrogen) atoms. The number of anilines is 2. The molecule has 2 aromatic rings. The number of para-hydroxylation sites is 2. The topological polar surface area (TPSA) is 69.7 Å². The lowest BCUT2D eigenvalue weighted by Crippen LogP contribution is -2.42. The predicted octanol–water partition coefficient (Wildman–Crippen LogP) is 3.17. The quantitative estimate of drug-likeness (QED) is 0.793. The summed E-state index contributed by atoms with van der Waals surface area (Å²) in [5.41, 5.74) is 2.27. The fourth-order valence-electron chi connectivity index (χ4n) is 2.97. The number of hydrogen-bond acceptors (Lipinski definition) is 3. The van der Waals surface area contributed by atoms with E-state index < -0.39 is 0 Å². The molecule has 0 fully saturated rings. The molecule has 1 aliphatic rings. The van der Waals surface area contributed by atoms with E-state index in [4.69, 9.17) is 0 Å². The van der Waals surface area contributed by atoms with Crippen LogP contribution < -0.4 is 10.2 Å². The molecule has 1 N–H and O–H groups in total. The number of nitrogens with one attached hydrogen (secondary N) is 1. The first-order valence-corrected chi connectivity index (χ1v) is 9.41. The lowest BCUT2D eigenvalue weighted by Gasteiger charge is -2.29. The first-order valence-electron chi connectivity index (χ1n) is 8.62. The third kappa shape index (κ3) is 4.54. The Labute approximate surface area is 166 Å². The lowest BCUT2D eigenvalue weighted by atomic mass is 10.1. The molecule has 3 rings (SSSR count). The summed E-state index contributed by atoms with van der Waals surface area (Å²) in [4.78, 5) is 39.9. The Morgan fingerprint density at radius 1 is 1.11 bits per heavy atom. The summed E-state index contributed by atoms with van der Waals surface area (Å²) in [5.74, 6) is -0.590. The summed E-state index contributed by atoms with van der Waals surface area (Å²) in [5, 5.41) is 2.75. The zero-order chi connectivity index (χ0) is 19.4. The Hall–Kier alpha value is -2.67. The van der Waals surface area contributed by atoms with Crippen LogP contribution >= 0.6 is 15.9 Å². The molecule has 0 aliphatic carbocycles. The summed E-state index contributed by atoms with van der Waals surface area (Å²) in [6.45, 7) is 0.431. The van der Waals surface area contributed by atoms with Crippen LogP contribution in [0.5, 0.6) is 0 Å². The molecular weight excluding hydrogens is 410 g/mol. The van der Waals surface area contributed by atoms with Crippen LogP contribution in [-0.4, -0.2) is 36.2 Å². The standard InChI is InChI=1S/C20H20BrN3O3/c1-23(12-14-6-2-3-7-15(14)21)19(26)10-11-20(27)24-13-18(25)22-16-8-4-5-9-17(16)24/h2-9H,10-13H2,1H3,(H,22,25). The van der Waals surface area contributed by atoms with E-state index in [1.165, 1.54) is 4.90 Å². The van der Waals surface area contributed by atoms with Crippen molar-refractivity contribution >= 4 is 45.0 Å². The minimum Gasteiger partial charge on any atom is -0.341 e. The molecule has 1 heterocycles. The highest BCUT2D eigenvalue weighted by molar-refractivity contribution is 9.10. The van der Waals surface area contributed by atoms with Gasteiger partial charge < -0.3 is 15.1 Å². The van der Waals surface area contributed by atoms with Gasteiger partial charge in [0.15, 0.2) is 0 Å². The van der Waals surface area contributed by atoms with Gasteiger partial charge in [-0.2, -0.15) is 0 Å². The van der Waals surface area contributed by atoms with Crippen molar-refractivity contribution in [3.05, 3.63) is 58.6 Å². The predicted molar refractivity (Wildman–Crippen MR) is 107 cm³/mol. The second-order valence-electron chi connectivity index (χ2n) is 6.39. The van der Waals surface area contributed by atoms with Crippen LogP contribution in [0.4, 0.5) is 11.4 Å². The van der Waals surface area contributed by atoms with E-state index in [0.717, 1.165) is 10.0 Å². The van der Waals surface area contributed by atoms with Gasteiger partial charge in [-0.05, 0) is 23.8 Å². The van der Waals surface area contributed by atoms with Crippen LogP contribution in [0.15, 0.2) is 53.0 Å². The second kappa shape index (κ2) is 8.35. The molecule has 2 aromatic carbocycles. The molecule has 6 nitrogen and oxygen atoms in total. The molecule has 0 saturated heterocycles. The molecule has 140 valence electrons. The number of nitrogens with zero attached hydrogens (tertiary/aromatic N) is 2. The Bertz CT molecular complexity index is 884. The van der Waals surface area contributed by atoms with E-state index in [1.54, 1.807) is 30.1 Å². The molecule has 1 aliphatic heterocycles. The van der Waals surface area contributed by atoms with Crippen LogP contribution in [0.3, 0.4) is 0 Å². The highest BCUT2D eigenvalue weighted by Crippen LogP contribution is 2.29. The van der Waals surface area contributed by atoms with Crippen molar-refractivity contribution in [2.45, 2.75) is 19.4 Å². The number of amides is 3.